The first-order valence-corrected chi connectivity index (χ1v) is 11.2. The molecule has 28 heavy (non-hydrogen) atoms. The molecule has 1 saturated carbocycles. The maximum atomic E-state index is 12.5. The summed E-state index contributed by atoms with van der Waals surface area (Å²) in [5.74, 6) is 1.16. The van der Waals surface area contributed by atoms with Crippen molar-refractivity contribution in [3.8, 4) is 0 Å². The molecule has 7 nitrogen and oxygen atoms in total. The third kappa shape index (κ3) is 4.91. The first kappa shape index (κ1) is 19.4. The van der Waals surface area contributed by atoms with Gasteiger partial charge in [0.1, 0.15) is 0 Å². The number of nitrogens with one attached hydrogen (secondary N) is 1. The molecule has 150 valence electrons. The number of likely N-dealkylation sites (tertiary alicyclic amines) is 1. The van der Waals surface area contributed by atoms with E-state index in [2.05, 4.69) is 56.9 Å². The number of carbonyl (C=O) groups is 1. The van der Waals surface area contributed by atoms with Crippen molar-refractivity contribution in [2.75, 3.05) is 25.4 Å². The van der Waals surface area contributed by atoms with E-state index in [0.29, 0.717) is 18.3 Å². The molecule has 2 fully saturated rings. The van der Waals surface area contributed by atoms with Crippen LogP contribution in [-0.4, -0.2) is 56.4 Å². The highest BCUT2D eigenvalue weighted by atomic mass is 32.2. The highest BCUT2D eigenvalue weighted by molar-refractivity contribution is 7.99. The minimum absolute atomic E-state index is 0.0293. The second-order valence-electron chi connectivity index (χ2n) is 7.87. The van der Waals surface area contributed by atoms with Crippen LogP contribution in [0.2, 0.25) is 0 Å². The van der Waals surface area contributed by atoms with Crippen molar-refractivity contribution < 1.29 is 4.79 Å². The molecule has 0 radical (unpaired) electrons. The summed E-state index contributed by atoms with van der Waals surface area (Å²) in [6.07, 6.45) is 4.68. The highest BCUT2D eigenvalue weighted by Crippen LogP contribution is 2.36. The third-order valence-electron chi connectivity index (χ3n) is 5.62. The maximum Gasteiger partial charge on any atom is 0.230 e. The smallest absolute Gasteiger partial charge is 0.230 e. The van der Waals surface area contributed by atoms with Crippen molar-refractivity contribution in [2.24, 2.45) is 5.92 Å². The summed E-state index contributed by atoms with van der Waals surface area (Å²) in [5, 5.41) is 15.7. The fourth-order valence-corrected chi connectivity index (χ4v) is 4.47. The molecule has 2 aliphatic rings. The summed E-state index contributed by atoms with van der Waals surface area (Å²) in [4.78, 5) is 15.0. The van der Waals surface area contributed by atoms with Crippen molar-refractivity contribution in [1.29, 1.82) is 0 Å². The van der Waals surface area contributed by atoms with Crippen molar-refractivity contribution in [1.82, 2.24) is 30.4 Å². The Kier molecular flexibility index (Phi) is 6.26. The normalized spacial score (nSPS) is 19.5. The lowest BCUT2D eigenvalue weighted by molar-refractivity contribution is -0.118. The second-order valence-corrected chi connectivity index (χ2v) is 8.82. The van der Waals surface area contributed by atoms with Gasteiger partial charge in [0, 0.05) is 6.54 Å². The molecular weight excluding hydrogens is 372 g/mol. The van der Waals surface area contributed by atoms with Gasteiger partial charge in [0.2, 0.25) is 11.1 Å². The third-order valence-corrected chi connectivity index (χ3v) is 6.56. The summed E-state index contributed by atoms with van der Waals surface area (Å²) in [5.41, 5.74) is 1.27. The molecule has 8 heteroatoms. The van der Waals surface area contributed by atoms with Crippen LogP contribution < -0.4 is 5.32 Å². The van der Waals surface area contributed by atoms with E-state index in [1.165, 1.54) is 30.2 Å². The van der Waals surface area contributed by atoms with Gasteiger partial charge < -0.3 is 5.32 Å². The molecule has 1 aliphatic heterocycles. The topological polar surface area (TPSA) is 75.9 Å². The molecule has 1 aromatic carbocycles. The number of thioether (sulfide) groups is 1. The number of tetrazole rings is 1. The van der Waals surface area contributed by atoms with Crippen LogP contribution in [0, 0.1) is 5.92 Å². The molecule has 1 aromatic heterocycles. The average Bonchev–Trinajstić information content (AvgIpc) is 3.46. The van der Waals surface area contributed by atoms with Crippen LogP contribution in [0.3, 0.4) is 0 Å². The Morgan fingerprint density at radius 3 is 2.68 bits per heavy atom. The standard InChI is InChI=1S/C20H28N6OS/c1-15-9-11-25(12-10-15)18(16-5-3-2-4-6-16)13-21-19(27)14-28-20-22-23-24-26(20)17-7-8-17/h2-6,15,17-18H,7-14H2,1H3,(H,21,27). The Balaban J connectivity index is 1.33. The van der Waals surface area contributed by atoms with Crippen molar-refractivity contribution in [2.45, 2.75) is 49.8 Å². The van der Waals surface area contributed by atoms with Gasteiger partial charge in [0.15, 0.2) is 0 Å². The lowest BCUT2D eigenvalue weighted by Crippen LogP contribution is -2.42. The number of benzene rings is 1. The minimum atomic E-state index is 0.0293. The summed E-state index contributed by atoms with van der Waals surface area (Å²) < 4.78 is 1.85. The highest BCUT2D eigenvalue weighted by Gasteiger charge is 2.28. The summed E-state index contributed by atoms with van der Waals surface area (Å²) in [6.45, 7) is 5.12. The number of piperidine rings is 1. The number of amides is 1. The number of hydrogen-bond acceptors (Lipinski definition) is 6. The molecule has 1 amide bonds. The largest absolute Gasteiger partial charge is 0.353 e. The predicted molar refractivity (Wildman–Crippen MR) is 109 cm³/mol. The fourth-order valence-electron chi connectivity index (χ4n) is 3.69. The zero-order valence-electron chi connectivity index (χ0n) is 16.3. The van der Waals surface area contributed by atoms with E-state index in [0.717, 1.165) is 37.0 Å². The zero-order valence-corrected chi connectivity index (χ0v) is 17.1. The molecule has 1 atom stereocenters. The van der Waals surface area contributed by atoms with Crippen LogP contribution in [0.4, 0.5) is 0 Å². The van der Waals surface area contributed by atoms with E-state index in [9.17, 15) is 4.79 Å². The van der Waals surface area contributed by atoms with Crippen LogP contribution >= 0.6 is 11.8 Å². The minimum Gasteiger partial charge on any atom is -0.353 e. The van der Waals surface area contributed by atoms with Gasteiger partial charge >= 0.3 is 0 Å². The van der Waals surface area contributed by atoms with E-state index in [4.69, 9.17) is 0 Å². The van der Waals surface area contributed by atoms with Gasteiger partial charge in [-0.2, -0.15) is 0 Å². The van der Waals surface area contributed by atoms with Crippen molar-refractivity contribution >= 4 is 17.7 Å². The monoisotopic (exact) mass is 400 g/mol. The molecule has 4 rings (SSSR count). The predicted octanol–water partition coefficient (Wildman–Crippen LogP) is 2.69. The van der Waals surface area contributed by atoms with Gasteiger partial charge in [-0.3, -0.25) is 9.69 Å². The Hall–Kier alpha value is -1.93. The summed E-state index contributed by atoms with van der Waals surface area (Å²) >= 11 is 1.41. The Morgan fingerprint density at radius 2 is 1.96 bits per heavy atom. The first-order valence-electron chi connectivity index (χ1n) is 10.2. The average molecular weight is 401 g/mol. The number of rotatable bonds is 8. The number of aromatic nitrogens is 4. The Labute approximate surface area is 170 Å². The van der Waals surface area contributed by atoms with Crippen LogP contribution in [-0.2, 0) is 4.79 Å². The zero-order chi connectivity index (χ0) is 19.3. The van der Waals surface area contributed by atoms with Gasteiger partial charge in [-0.15, -0.1) is 5.10 Å². The Bertz CT molecular complexity index is 770. The van der Waals surface area contributed by atoms with Gasteiger partial charge in [-0.05, 0) is 60.7 Å². The molecule has 1 unspecified atom stereocenters. The summed E-state index contributed by atoms with van der Waals surface area (Å²) in [7, 11) is 0. The number of nitrogens with zero attached hydrogens (tertiary/aromatic N) is 5. The SMILES string of the molecule is CC1CCN(C(CNC(=O)CSc2nnnn2C2CC2)c2ccccc2)CC1. The van der Waals surface area contributed by atoms with Crippen LogP contribution in [0.5, 0.6) is 0 Å². The number of hydrogen-bond donors (Lipinski definition) is 1. The molecule has 0 spiro atoms. The van der Waals surface area contributed by atoms with E-state index in [-0.39, 0.29) is 11.9 Å². The van der Waals surface area contributed by atoms with Crippen molar-refractivity contribution in [3.63, 3.8) is 0 Å². The second kappa shape index (κ2) is 9.05. The quantitative estimate of drug-likeness (QED) is 0.687. The molecule has 2 aromatic rings. The van der Waals surface area contributed by atoms with Crippen LogP contribution in [0.25, 0.3) is 0 Å². The van der Waals surface area contributed by atoms with E-state index in [1.54, 1.807) is 0 Å². The molecular formula is C20H28N6OS. The van der Waals surface area contributed by atoms with Gasteiger partial charge in [0.25, 0.3) is 0 Å². The first-order chi connectivity index (χ1) is 13.7. The van der Waals surface area contributed by atoms with Crippen molar-refractivity contribution in [3.05, 3.63) is 35.9 Å². The molecule has 2 heterocycles. The molecule has 1 saturated heterocycles. The van der Waals surface area contributed by atoms with Crippen LogP contribution in [0.15, 0.2) is 35.5 Å². The summed E-state index contributed by atoms with van der Waals surface area (Å²) in [6, 6.07) is 11.1. The van der Waals surface area contributed by atoms with Gasteiger partial charge in [-0.1, -0.05) is 49.0 Å². The van der Waals surface area contributed by atoms with Crippen LogP contribution in [0.1, 0.15) is 50.3 Å². The number of carbonyl (C=O) groups excluding carboxylic acids is 1. The van der Waals surface area contributed by atoms with E-state index in [1.807, 2.05) is 10.7 Å². The molecule has 1 N–H and O–H groups in total. The lowest BCUT2D eigenvalue weighted by Gasteiger charge is -2.37. The fraction of sp³-hybridized carbons (Fsp3) is 0.600. The maximum absolute atomic E-state index is 12.5. The lowest BCUT2D eigenvalue weighted by atomic mass is 9.95. The van der Waals surface area contributed by atoms with Gasteiger partial charge in [-0.25, -0.2) is 4.68 Å². The molecule has 0 bridgehead atoms. The molecule has 1 aliphatic carbocycles. The van der Waals surface area contributed by atoms with E-state index < -0.39 is 0 Å². The Morgan fingerprint density at radius 1 is 1.21 bits per heavy atom. The van der Waals surface area contributed by atoms with Gasteiger partial charge in [0.05, 0.1) is 17.8 Å². The van der Waals surface area contributed by atoms with E-state index >= 15 is 0 Å².